The Hall–Kier alpha value is -2.80. The Bertz CT molecular complexity index is 774. The third-order valence-corrected chi connectivity index (χ3v) is 4.16. The third kappa shape index (κ3) is 4.23. The second-order valence-corrected chi connectivity index (χ2v) is 6.03. The fourth-order valence-electron chi connectivity index (χ4n) is 2.78. The summed E-state index contributed by atoms with van der Waals surface area (Å²) in [4.78, 5) is 23.4. The van der Waals surface area contributed by atoms with Gasteiger partial charge in [-0.2, -0.15) is 0 Å². The molecule has 1 aliphatic heterocycles. The van der Waals surface area contributed by atoms with Gasteiger partial charge in [-0.1, -0.05) is 6.92 Å². The molecule has 7 nitrogen and oxygen atoms in total. The van der Waals surface area contributed by atoms with Gasteiger partial charge in [-0.25, -0.2) is 4.79 Å². The maximum atomic E-state index is 12.3. The van der Waals surface area contributed by atoms with Gasteiger partial charge in [-0.3, -0.25) is 4.79 Å². The van der Waals surface area contributed by atoms with Gasteiger partial charge in [-0.05, 0) is 37.1 Å². The highest BCUT2D eigenvalue weighted by molar-refractivity contribution is 6.04. The average molecular weight is 359 g/mol. The summed E-state index contributed by atoms with van der Waals surface area (Å²) >= 11 is 0. The van der Waals surface area contributed by atoms with E-state index >= 15 is 0 Å². The highest BCUT2D eigenvalue weighted by Crippen LogP contribution is 2.21. The molecule has 0 spiro atoms. The van der Waals surface area contributed by atoms with Crippen LogP contribution >= 0.6 is 0 Å². The summed E-state index contributed by atoms with van der Waals surface area (Å²) in [6, 6.07) is 8.18. The number of rotatable bonds is 7. The Morgan fingerprint density at radius 3 is 2.65 bits per heavy atom. The number of nitrogens with one attached hydrogen (secondary N) is 1. The summed E-state index contributed by atoms with van der Waals surface area (Å²) in [5, 5.41) is 11.8. The number of carbonyl (C=O) groups excluding carboxylic acids is 1. The van der Waals surface area contributed by atoms with Crippen molar-refractivity contribution >= 4 is 17.6 Å². The highest BCUT2D eigenvalue weighted by Gasteiger charge is 2.20. The Kier molecular flexibility index (Phi) is 5.58. The summed E-state index contributed by atoms with van der Waals surface area (Å²) in [5.74, 6) is -0.672. The molecule has 26 heavy (non-hydrogen) atoms. The Morgan fingerprint density at radius 2 is 2.08 bits per heavy atom. The molecule has 7 heteroatoms. The lowest BCUT2D eigenvalue weighted by molar-refractivity contribution is 0.0679. The van der Waals surface area contributed by atoms with Gasteiger partial charge < -0.3 is 24.3 Å². The molecular formula is C19H21NO6. The molecule has 2 N–H and O–H groups in total. The molecule has 2 aromatic rings. The molecule has 1 aromatic carbocycles. The predicted octanol–water partition coefficient (Wildman–Crippen LogP) is 3.35. The lowest BCUT2D eigenvalue weighted by atomic mass is 10.2. The smallest absolute Gasteiger partial charge is 0.339 e. The first-order valence-electron chi connectivity index (χ1n) is 8.58. The van der Waals surface area contributed by atoms with E-state index < -0.39 is 11.9 Å². The van der Waals surface area contributed by atoms with Gasteiger partial charge in [0.2, 0.25) is 0 Å². The third-order valence-electron chi connectivity index (χ3n) is 4.16. The van der Waals surface area contributed by atoms with Crippen molar-refractivity contribution in [2.75, 3.05) is 18.5 Å². The van der Waals surface area contributed by atoms with E-state index in [0.29, 0.717) is 24.5 Å². The van der Waals surface area contributed by atoms with Gasteiger partial charge >= 0.3 is 5.97 Å². The number of benzene rings is 1. The van der Waals surface area contributed by atoms with Gasteiger partial charge in [0.25, 0.3) is 5.91 Å². The maximum Gasteiger partial charge on any atom is 0.339 e. The van der Waals surface area contributed by atoms with Gasteiger partial charge in [0.1, 0.15) is 23.7 Å². The van der Waals surface area contributed by atoms with Crippen LogP contribution in [0.5, 0.6) is 5.75 Å². The molecule has 2 heterocycles. The number of amides is 1. The minimum atomic E-state index is -1.11. The summed E-state index contributed by atoms with van der Waals surface area (Å²) in [5.41, 5.74) is 0.571. The van der Waals surface area contributed by atoms with Gasteiger partial charge in [-0.15, -0.1) is 0 Å². The van der Waals surface area contributed by atoms with E-state index in [4.69, 9.17) is 19.0 Å². The van der Waals surface area contributed by atoms with Crippen LogP contribution in [0.2, 0.25) is 0 Å². The van der Waals surface area contributed by atoms with Crippen LogP contribution in [0.1, 0.15) is 46.4 Å². The maximum absolute atomic E-state index is 12.3. The average Bonchev–Trinajstić information content (AvgIpc) is 3.30. The molecule has 138 valence electrons. The lowest BCUT2D eigenvalue weighted by Gasteiger charge is -2.11. The molecule has 0 radical (unpaired) electrons. The number of carboxylic acids is 1. The molecule has 1 atom stereocenters. The largest absolute Gasteiger partial charge is 0.491 e. The molecule has 0 aliphatic carbocycles. The van der Waals surface area contributed by atoms with E-state index in [0.717, 1.165) is 19.4 Å². The molecule has 1 saturated heterocycles. The van der Waals surface area contributed by atoms with Crippen molar-refractivity contribution in [1.82, 2.24) is 0 Å². The number of carbonyl (C=O) groups is 2. The Morgan fingerprint density at radius 1 is 1.31 bits per heavy atom. The van der Waals surface area contributed by atoms with Crippen molar-refractivity contribution in [1.29, 1.82) is 0 Å². The number of hydrogen-bond donors (Lipinski definition) is 2. The molecule has 1 aliphatic rings. The Balaban J connectivity index is 1.59. The number of aryl methyl sites for hydroxylation is 1. The summed E-state index contributed by atoms with van der Waals surface area (Å²) in [6.07, 6.45) is 2.61. The molecule has 1 unspecified atom stereocenters. The van der Waals surface area contributed by atoms with Crippen LogP contribution in [-0.4, -0.2) is 36.3 Å². The SMILES string of the molecule is CCc1oc(C(=O)Nc2ccc(OCC3CCCO3)cc2)cc1C(=O)O. The number of anilines is 1. The first-order valence-corrected chi connectivity index (χ1v) is 8.58. The van der Waals surface area contributed by atoms with E-state index in [1.165, 1.54) is 6.07 Å². The standard InChI is InChI=1S/C19H21NO6/c1-2-16-15(19(22)23)10-17(26-16)18(21)20-12-5-7-13(8-6-12)25-11-14-4-3-9-24-14/h5-8,10,14H,2-4,9,11H2,1H3,(H,20,21)(H,22,23). The number of hydrogen-bond acceptors (Lipinski definition) is 5. The van der Waals surface area contributed by atoms with Crippen molar-refractivity contribution < 1.29 is 28.6 Å². The quantitative estimate of drug-likeness (QED) is 0.787. The zero-order valence-corrected chi connectivity index (χ0v) is 14.5. The fourth-order valence-corrected chi connectivity index (χ4v) is 2.78. The van der Waals surface area contributed by atoms with Gasteiger partial charge in [0.15, 0.2) is 5.76 Å². The minimum Gasteiger partial charge on any atom is -0.491 e. The first-order chi connectivity index (χ1) is 12.6. The van der Waals surface area contributed by atoms with Crippen molar-refractivity contribution in [2.45, 2.75) is 32.3 Å². The molecule has 0 saturated carbocycles. The van der Waals surface area contributed by atoms with Crippen LogP contribution in [-0.2, 0) is 11.2 Å². The van der Waals surface area contributed by atoms with E-state index in [9.17, 15) is 9.59 Å². The van der Waals surface area contributed by atoms with Crippen LogP contribution in [0.15, 0.2) is 34.7 Å². The van der Waals surface area contributed by atoms with E-state index in [1.807, 2.05) is 0 Å². The number of ether oxygens (including phenoxy) is 2. The Labute approximate surface area is 150 Å². The van der Waals surface area contributed by atoms with E-state index in [1.54, 1.807) is 31.2 Å². The molecule has 1 fully saturated rings. The van der Waals surface area contributed by atoms with Crippen LogP contribution in [0, 0.1) is 0 Å². The van der Waals surface area contributed by atoms with E-state index in [-0.39, 0.29) is 23.2 Å². The van der Waals surface area contributed by atoms with Crippen molar-refractivity contribution in [3.63, 3.8) is 0 Å². The first kappa shape index (κ1) is 18.0. The zero-order chi connectivity index (χ0) is 18.5. The minimum absolute atomic E-state index is 0.00975. The second kappa shape index (κ2) is 8.05. The van der Waals surface area contributed by atoms with Crippen LogP contribution < -0.4 is 10.1 Å². The highest BCUT2D eigenvalue weighted by atomic mass is 16.5. The van der Waals surface area contributed by atoms with Gasteiger partial charge in [0.05, 0.1) is 6.10 Å². The molecule has 1 amide bonds. The van der Waals surface area contributed by atoms with Crippen LogP contribution in [0.25, 0.3) is 0 Å². The predicted molar refractivity (Wildman–Crippen MR) is 93.9 cm³/mol. The second-order valence-electron chi connectivity index (χ2n) is 6.03. The van der Waals surface area contributed by atoms with Crippen LogP contribution in [0.4, 0.5) is 5.69 Å². The van der Waals surface area contributed by atoms with Crippen molar-refractivity contribution in [2.24, 2.45) is 0 Å². The normalized spacial score (nSPS) is 16.4. The fraction of sp³-hybridized carbons (Fsp3) is 0.368. The monoisotopic (exact) mass is 359 g/mol. The van der Waals surface area contributed by atoms with Crippen molar-refractivity contribution in [3.05, 3.63) is 47.4 Å². The van der Waals surface area contributed by atoms with Crippen molar-refractivity contribution in [3.8, 4) is 5.75 Å². The van der Waals surface area contributed by atoms with Gasteiger partial charge in [0, 0.05) is 24.8 Å². The summed E-state index contributed by atoms with van der Waals surface area (Å²) in [6.45, 7) is 3.06. The molecule has 1 aromatic heterocycles. The topological polar surface area (TPSA) is 98.0 Å². The molecular weight excluding hydrogens is 338 g/mol. The number of carboxylic acid groups (broad SMARTS) is 1. The van der Waals surface area contributed by atoms with E-state index in [2.05, 4.69) is 5.32 Å². The number of furan rings is 1. The zero-order valence-electron chi connectivity index (χ0n) is 14.5. The lowest BCUT2D eigenvalue weighted by Crippen LogP contribution is -2.16. The molecule has 0 bridgehead atoms. The number of aromatic carboxylic acids is 1. The molecule has 3 rings (SSSR count). The van der Waals surface area contributed by atoms with Crippen LogP contribution in [0.3, 0.4) is 0 Å². The summed E-state index contributed by atoms with van der Waals surface area (Å²) < 4.78 is 16.5. The summed E-state index contributed by atoms with van der Waals surface area (Å²) in [7, 11) is 0.